The Kier molecular flexibility index (Phi) is 5.58. The lowest BCUT2D eigenvalue weighted by Gasteiger charge is -2.20. The first kappa shape index (κ1) is 16.5. The van der Waals surface area contributed by atoms with Crippen LogP contribution in [0.15, 0.2) is 24.3 Å². The zero-order valence-corrected chi connectivity index (χ0v) is 13.8. The second-order valence-electron chi connectivity index (χ2n) is 6.42. The van der Waals surface area contributed by atoms with Crippen LogP contribution in [-0.4, -0.2) is 35.8 Å². The average Bonchev–Trinajstić information content (AvgIpc) is 2.86. The molecule has 0 radical (unpaired) electrons. The molecule has 0 aliphatic carbocycles. The molecule has 2 amide bonds. The molecule has 1 heterocycles. The van der Waals surface area contributed by atoms with E-state index in [9.17, 15) is 9.59 Å². The first-order chi connectivity index (χ1) is 10.5. The van der Waals surface area contributed by atoms with E-state index >= 15 is 0 Å². The lowest BCUT2D eigenvalue weighted by Crippen LogP contribution is -2.35. The molecule has 0 saturated carbocycles. The molecule has 1 aliphatic heterocycles. The van der Waals surface area contributed by atoms with Crippen LogP contribution in [0.1, 0.15) is 37.8 Å². The van der Waals surface area contributed by atoms with E-state index in [2.05, 4.69) is 36.5 Å². The SMILES string of the molecule is Cc1cccc(CCCNC(=O)[C@@H]2CC(=O)N(C(C)C)C2)c1. The Bertz CT molecular complexity index is 540. The first-order valence-corrected chi connectivity index (χ1v) is 8.10. The van der Waals surface area contributed by atoms with Crippen molar-refractivity contribution in [2.45, 2.75) is 46.1 Å². The summed E-state index contributed by atoms with van der Waals surface area (Å²) < 4.78 is 0. The van der Waals surface area contributed by atoms with Gasteiger partial charge < -0.3 is 10.2 Å². The lowest BCUT2D eigenvalue weighted by atomic mass is 10.1. The molecule has 4 heteroatoms. The first-order valence-electron chi connectivity index (χ1n) is 8.10. The van der Waals surface area contributed by atoms with Crippen molar-refractivity contribution >= 4 is 11.8 Å². The number of aryl methyl sites for hydroxylation is 2. The summed E-state index contributed by atoms with van der Waals surface area (Å²) in [7, 11) is 0. The van der Waals surface area contributed by atoms with Crippen molar-refractivity contribution in [2.75, 3.05) is 13.1 Å². The summed E-state index contributed by atoms with van der Waals surface area (Å²) in [6.07, 6.45) is 2.23. The van der Waals surface area contributed by atoms with E-state index in [4.69, 9.17) is 0 Å². The van der Waals surface area contributed by atoms with Gasteiger partial charge >= 0.3 is 0 Å². The molecule has 0 unspecified atom stereocenters. The third-order valence-corrected chi connectivity index (χ3v) is 4.18. The predicted octanol–water partition coefficient (Wildman–Crippen LogP) is 2.30. The van der Waals surface area contributed by atoms with Crippen LogP contribution < -0.4 is 5.32 Å². The Labute approximate surface area is 132 Å². The largest absolute Gasteiger partial charge is 0.356 e. The molecule has 120 valence electrons. The van der Waals surface area contributed by atoms with Gasteiger partial charge in [-0.3, -0.25) is 9.59 Å². The highest BCUT2D eigenvalue weighted by Gasteiger charge is 2.35. The van der Waals surface area contributed by atoms with Gasteiger partial charge in [0.15, 0.2) is 0 Å². The molecule has 1 N–H and O–H groups in total. The Morgan fingerprint density at radius 3 is 2.82 bits per heavy atom. The maximum atomic E-state index is 12.1. The number of hydrogen-bond donors (Lipinski definition) is 1. The summed E-state index contributed by atoms with van der Waals surface area (Å²) in [5.74, 6) is -0.0791. The molecule has 0 bridgehead atoms. The second kappa shape index (κ2) is 7.43. The third-order valence-electron chi connectivity index (χ3n) is 4.18. The number of hydrogen-bond acceptors (Lipinski definition) is 2. The number of rotatable bonds is 6. The average molecular weight is 302 g/mol. The van der Waals surface area contributed by atoms with E-state index in [0.29, 0.717) is 19.5 Å². The van der Waals surface area contributed by atoms with Crippen LogP contribution in [0.4, 0.5) is 0 Å². The number of benzene rings is 1. The minimum atomic E-state index is -0.186. The van der Waals surface area contributed by atoms with E-state index in [1.165, 1.54) is 11.1 Å². The minimum absolute atomic E-state index is 0.0146. The van der Waals surface area contributed by atoms with Gasteiger partial charge in [0.2, 0.25) is 11.8 Å². The topological polar surface area (TPSA) is 49.4 Å². The normalized spacial score (nSPS) is 18.1. The van der Waals surface area contributed by atoms with Gasteiger partial charge in [-0.15, -0.1) is 0 Å². The zero-order valence-electron chi connectivity index (χ0n) is 13.8. The summed E-state index contributed by atoms with van der Waals surface area (Å²) in [6, 6.07) is 8.62. The molecular weight excluding hydrogens is 276 g/mol. The van der Waals surface area contributed by atoms with Crippen LogP contribution in [0.25, 0.3) is 0 Å². The van der Waals surface area contributed by atoms with Crippen LogP contribution in [0.2, 0.25) is 0 Å². The molecule has 2 rings (SSSR count). The van der Waals surface area contributed by atoms with Gasteiger partial charge in [-0.2, -0.15) is 0 Å². The number of nitrogens with one attached hydrogen (secondary N) is 1. The van der Waals surface area contributed by atoms with Crippen molar-refractivity contribution in [3.8, 4) is 0 Å². The molecule has 4 nitrogen and oxygen atoms in total. The predicted molar refractivity (Wildman–Crippen MR) is 87.5 cm³/mol. The number of nitrogens with zero attached hydrogens (tertiary/aromatic N) is 1. The van der Waals surface area contributed by atoms with Gasteiger partial charge in [0, 0.05) is 25.6 Å². The molecule has 1 aromatic carbocycles. The van der Waals surface area contributed by atoms with E-state index < -0.39 is 0 Å². The van der Waals surface area contributed by atoms with Gasteiger partial charge in [0.05, 0.1) is 5.92 Å². The molecule has 0 spiro atoms. The Hall–Kier alpha value is -1.84. The fourth-order valence-corrected chi connectivity index (χ4v) is 2.92. The van der Waals surface area contributed by atoms with Gasteiger partial charge in [0.25, 0.3) is 0 Å². The van der Waals surface area contributed by atoms with Gasteiger partial charge in [-0.05, 0) is 39.2 Å². The lowest BCUT2D eigenvalue weighted by molar-refractivity contribution is -0.129. The highest BCUT2D eigenvalue weighted by atomic mass is 16.2. The van der Waals surface area contributed by atoms with Gasteiger partial charge in [0.1, 0.15) is 0 Å². The van der Waals surface area contributed by atoms with Crippen LogP contribution in [0.5, 0.6) is 0 Å². The highest BCUT2D eigenvalue weighted by molar-refractivity contribution is 5.89. The Morgan fingerprint density at radius 1 is 1.41 bits per heavy atom. The smallest absolute Gasteiger partial charge is 0.225 e. The van der Waals surface area contributed by atoms with Crippen LogP contribution in [0, 0.1) is 12.8 Å². The number of likely N-dealkylation sites (tertiary alicyclic amines) is 1. The van der Waals surface area contributed by atoms with E-state index in [-0.39, 0.29) is 23.8 Å². The summed E-state index contributed by atoms with van der Waals surface area (Å²) >= 11 is 0. The van der Waals surface area contributed by atoms with Crippen molar-refractivity contribution < 1.29 is 9.59 Å². The van der Waals surface area contributed by atoms with Gasteiger partial charge in [-0.25, -0.2) is 0 Å². The standard InChI is InChI=1S/C18H26N2O2/c1-13(2)20-12-16(11-17(20)21)18(22)19-9-5-8-15-7-4-6-14(3)10-15/h4,6-7,10,13,16H,5,8-9,11-12H2,1-3H3,(H,19,22)/t16-/m1/s1. The zero-order chi connectivity index (χ0) is 16.1. The van der Waals surface area contributed by atoms with Gasteiger partial charge in [-0.1, -0.05) is 29.8 Å². The van der Waals surface area contributed by atoms with E-state index in [1.54, 1.807) is 4.90 Å². The Morgan fingerprint density at radius 2 is 2.18 bits per heavy atom. The van der Waals surface area contributed by atoms with Crippen molar-refractivity contribution in [3.05, 3.63) is 35.4 Å². The fourth-order valence-electron chi connectivity index (χ4n) is 2.92. The van der Waals surface area contributed by atoms with Crippen LogP contribution in [0.3, 0.4) is 0 Å². The molecule has 1 fully saturated rings. The third kappa shape index (κ3) is 4.33. The van der Waals surface area contributed by atoms with Crippen molar-refractivity contribution in [1.82, 2.24) is 10.2 Å². The minimum Gasteiger partial charge on any atom is -0.356 e. The van der Waals surface area contributed by atoms with Crippen LogP contribution in [-0.2, 0) is 16.0 Å². The maximum absolute atomic E-state index is 12.1. The van der Waals surface area contributed by atoms with Crippen molar-refractivity contribution in [3.63, 3.8) is 0 Å². The van der Waals surface area contributed by atoms with E-state index in [0.717, 1.165) is 12.8 Å². The maximum Gasteiger partial charge on any atom is 0.225 e. The molecular formula is C18H26N2O2. The number of carbonyl (C=O) groups is 2. The molecule has 22 heavy (non-hydrogen) atoms. The number of carbonyl (C=O) groups excluding carboxylic acids is 2. The van der Waals surface area contributed by atoms with E-state index in [1.807, 2.05) is 13.8 Å². The monoisotopic (exact) mass is 302 g/mol. The summed E-state index contributed by atoms with van der Waals surface area (Å²) in [5.41, 5.74) is 2.57. The second-order valence-corrected chi connectivity index (χ2v) is 6.42. The number of amides is 2. The summed E-state index contributed by atoms with van der Waals surface area (Å²) in [5, 5.41) is 2.97. The van der Waals surface area contributed by atoms with Crippen LogP contribution >= 0.6 is 0 Å². The van der Waals surface area contributed by atoms with Crippen molar-refractivity contribution in [1.29, 1.82) is 0 Å². The molecule has 1 atom stereocenters. The summed E-state index contributed by atoms with van der Waals surface area (Å²) in [4.78, 5) is 25.7. The quantitative estimate of drug-likeness (QED) is 0.820. The molecule has 1 aliphatic rings. The molecule has 1 aromatic rings. The molecule has 0 aromatic heterocycles. The highest BCUT2D eigenvalue weighted by Crippen LogP contribution is 2.20. The Balaban J connectivity index is 1.71. The fraction of sp³-hybridized carbons (Fsp3) is 0.556. The van der Waals surface area contributed by atoms with Crippen molar-refractivity contribution in [2.24, 2.45) is 5.92 Å². The molecule has 1 saturated heterocycles. The summed E-state index contributed by atoms with van der Waals surface area (Å²) in [6.45, 7) is 7.28.